The Morgan fingerprint density at radius 3 is 2.59 bits per heavy atom. The van der Waals surface area contributed by atoms with Gasteiger partial charge in [-0.15, -0.1) is 0 Å². The number of nitrogens with one attached hydrogen (secondary N) is 1. The van der Waals surface area contributed by atoms with Crippen LogP contribution >= 0.6 is 23.2 Å². The van der Waals surface area contributed by atoms with E-state index in [1.54, 1.807) is 6.33 Å². The standard InChI is InChI=1S/C21H26Cl2N6/c1-13(2)10-17(15-4-6-16(22)7-5-15)28-8-9-29(14(3)11-28)20-18-19(25-12-24-18)26-21(23)27-20/h4-7,12-14,17H,8-11H2,1-3H3,(H,24,25,26,27). The summed E-state index contributed by atoms with van der Waals surface area (Å²) in [4.78, 5) is 21.0. The average Bonchev–Trinajstić information content (AvgIpc) is 3.14. The van der Waals surface area contributed by atoms with Crippen molar-refractivity contribution >= 4 is 40.2 Å². The number of nitrogens with zero attached hydrogens (tertiary/aromatic N) is 5. The molecule has 1 saturated heterocycles. The highest BCUT2D eigenvalue weighted by molar-refractivity contribution is 6.30. The lowest BCUT2D eigenvalue weighted by atomic mass is 9.94. The Morgan fingerprint density at radius 1 is 1.14 bits per heavy atom. The summed E-state index contributed by atoms with van der Waals surface area (Å²) in [5.41, 5.74) is 2.77. The Morgan fingerprint density at radius 2 is 1.90 bits per heavy atom. The number of piperazine rings is 1. The van der Waals surface area contributed by atoms with Crippen molar-refractivity contribution < 1.29 is 0 Å². The quantitative estimate of drug-likeness (QED) is 0.577. The Balaban J connectivity index is 1.58. The van der Waals surface area contributed by atoms with Gasteiger partial charge >= 0.3 is 0 Å². The molecule has 0 aliphatic carbocycles. The van der Waals surface area contributed by atoms with E-state index in [1.165, 1.54) is 5.56 Å². The van der Waals surface area contributed by atoms with Gasteiger partial charge in [-0.2, -0.15) is 9.97 Å². The average molecular weight is 433 g/mol. The largest absolute Gasteiger partial charge is 0.349 e. The zero-order chi connectivity index (χ0) is 20.5. The molecule has 0 radical (unpaired) electrons. The number of aromatic nitrogens is 4. The van der Waals surface area contributed by atoms with E-state index in [9.17, 15) is 0 Å². The summed E-state index contributed by atoms with van der Waals surface area (Å²) in [5, 5.41) is 1.01. The van der Waals surface area contributed by atoms with E-state index in [1.807, 2.05) is 12.1 Å². The van der Waals surface area contributed by atoms with Gasteiger partial charge in [0.25, 0.3) is 0 Å². The molecule has 3 aromatic rings. The van der Waals surface area contributed by atoms with Crippen LogP contribution < -0.4 is 4.90 Å². The van der Waals surface area contributed by atoms with E-state index in [0.29, 0.717) is 17.6 Å². The number of imidazole rings is 1. The second-order valence-electron chi connectivity index (χ2n) is 8.15. The fourth-order valence-electron chi connectivity index (χ4n) is 4.21. The smallest absolute Gasteiger partial charge is 0.226 e. The molecule has 1 aromatic carbocycles. The van der Waals surface area contributed by atoms with Crippen LogP contribution in [0.5, 0.6) is 0 Å². The number of halogens is 2. The van der Waals surface area contributed by atoms with Gasteiger partial charge in [-0.05, 0) is 48.6 Å². The minimum Gasteiger partial charge on any atom is -0.349 e. The SMILES string of the molecule is CC(C)CC(c1ccc(Cl)cc1)N1CCN(c2nc(Cl)nc3nc[nH]c23)C(C)C1. The summed E-state index contributed by atoms with van der Waals surface area (Å²) < 4.78 is 0. The molecule has 1 aliphatic heterocycles. The maximum atomic E-state index is 6.15. The summed E-state index contributed by atoms with van der Waals surface area (Å²) in [5.74, 6) is 1.44. The molecule has 2 unspecified atom stereocenters. The summed E-state index contributed by atoms with van der Waals surface area (Å²) in [6, 6.07) is 8.94. The van der Waals surface area contributed by atoms with Gasteiger partial charge in [-0.25, -0.2) is 4.98 Å². The Kier molecular flexibility index (Phi) is 5.95. The third kappa shape index (κ3) is 4.34. The zero-order valence-electron chi connectivity index (χ0n) is 16.9. The monoisotopic (exact) mass is 432 g/mol. The Labute approximate surface area is 181 Å². The molecule has 8 heteroatoms. The number of rotatable bonds is 5. The van der Waals surface area contributed by atoms with E-state index in [4.69, 9.17) is 23.2 Å². The number of hydrogen-bond donors (Lipinski definition) is 1. The molecule has 0 saturated carbocycles. The van der Waals surface area contributed by atoms with E-state index in [2.05, 4.69) is 62.6 Å². The predicted octanol–water partition coefficient (Wildman–Crippen LogP) is 4.96. The number of anilines is 1. The van der Waals surface area contributed by atoms with Gasteiger partial charge < -0.3 is 9.88 Å². The van der Waals surface area contributed by atoms with Crippen molar-refractivity contribution in [2.24, 2.45) is 5.92 Å². The lowest BCUT2D eigenvalue weighted by Crippen LogP contribution is -2.53. The second kappa shape index (κ2) is 8.46. The first-order valence-electron chi connectivity index (χ1n) is 10.0. The Bertz CT molecular complexity index is 971. The molecule has 1 N–H and O–H groups in total. The van der Waals surface area contributed by atoms with Crippen molar-refractivity contribution in [3.8, 4) is 0 Å². The third-order valence-corrected chi connectivity index (χ3v) is 5.98. The minimum atomic E-state index is 0.230. The van der Waals surface area contributed by atoms with Gasteiger partial charge in [0.15, 0.2) is 11.5 Å². The predicted molar refractivity (Wildman–Crippen MR) is 119 cm³/mol. The van der Waals surface area contributed by atoms with E-state index in [0.717, 1.165) is 42.4 Å². The van der Waals surface area contributed by atoms with Crippen molar-refractivity contribution in [1.82, 2.24) is 24.8 Å². The molecule has 1 fully saturated rings. The van der Waals surface area contributed by atoms with Crippen LogP contribution in [0.15, 0.2) is 30.6 Å². The normalized spacial score (nSPS) is 19.2. The first-order valence-corrected chi connectivity index (χ1v) is 10.8. The first kappa shape index (κ1) is 20.4. The fraction of sp³-hybridized carbons (Fsp3) is 0.476. The molecular weight excluding hydrogens is 407 g/mol. The summed E-state index contributed by atoms with van der Waals surface area (Å²) >= 11 is 12.3. The first-order chi connectivity index (χ1) is 13.9. The van der Waals surface area contributed by atoms with Crippen LogP contribution in [0.2, 0.25) is 10.3 Å². The highest BCUT2D eigenvalue weighted by Gasteiger charge is 2.31. The molecule has 4 rings (SSSR count). The molecule has 2 aromatic heterocycles. The second-order valence-corrected chi connectivity index (χ2v) is 8.93. The van der Waals surface area contributed by atoms with Crippen LogP contribution in [0.25, 0.3) is 11.2 Å². The van der Waals surface area contributed by atoms with E-state index >= 15 is 0 Å². The zero-order valence-corrected chi connectivity index (χ0v) is 18.5. The summed E-state index contributed by atoms with van der Waals surface area (Å²) in [6.07, 6.45) is 2.75. The van der Waals surface area contributed by atoms with Crippen LogP contribution in [0.4, 0.5) is 5.82 Å². The van der Waals surface area contributed by atoms with Crippen molar-refractivity contribution in [3.05, 3.63) is 46.5 Å². The van der Waals surface area contributed by atoms with Gasteiger partial charge in [-0.3, -0.25) is 4.90 Å². The lowest BCUT2D eigenvalue weighted by Gasteiger charge is -2.44. The molecular formula is C21H26Cl2N6. The number of fused-ring (bicyclic) bond motifs is 1. The van der Waals surface area contributed by atoms with E-state index in [-0.39, 0.29) is 11.3 Å². The van der Waals surface area contributed by atoms with Crippen molar-refractivity contribution in [2.75, 3.05) is 24.5 Å². The van der Waals surface area contributed by atoms with Crippen LogP contribution in [-0.2, 0) is 0 Å². The summed E-state index contributed by atoms with van der Waals surface area (Å²) in [6.45, 7) is 9.54. The van der Waals surface area contributed by atoms with Gasteiger partial charge in [0, 0.05) is 36.7 Å². The van der Waals surface area contributed by atoms with Crippen LogP contribution in [0, 0.1) is 5.92 Å². The van der Waals surface area contributed by atoms with Crippen LogP contribution in [0.1, 0.15) is 38.8 Å². The number of benzene rings is 1. The van der Waals surface area contributed by atoms with Gasteiger partial charge in [0.05, 0.1) is 6.33 Å². The minimum absolute atomic E-state index is 0.230. The maximum Gasteiger partial charge on any atom is 0.226 e. The molecule has 6 nitrogen and oxygen atoms in total. The Hall–Kier alpha value is -1.89. The third-order valence-electron chi connectivity index (χ3n) is 5.56. The van der Waals surface area contributed by atoms with Gasteiger partial charge in [0.1, 0.15) is 5.52 Å². The number of aromatic amines is 1. The van der Waals surface area contributed by atoms with Gasteiger partial charge in [-0.1, -0.05) is 37.6 Å². The molecule has 2 atom stereocenters. The molecule has 29 heavy (non-hydrogen) atoms. The van der Waals surface area contributed by atoms with Crippen molar-refractivity contribution in [2.45, 2.75) is 39.3 Å². The van der Waals surface area contributed by atoms with Crippen molar-refractivity contribution in [3.63, 3.8) is 0 Å². The van der Waals surface area contributed by atoms with Gasteiger partial charge in [0.2, 0.25) is 5.28 Å². The topological polar surface area (TPSA) is 60.9 Å². The molecule has 0 amide bonds. The fourth-order valence-corrected chi connectivity index (χ4v) is 4.50. The molecule has 0 bridgehead atoms. The van der Waals surface area contributed by atoms with Crippen LogP contribution in [0.3, 0.4) is 0 Å². The van der Waals surface area contributed by atoms with E-state index < -0.39 is 0 Å². The molecule has 154 valence electrons. The number of H-pyrrole nitrogens is 1. The molecule has 1 aliphatic rings. The molecule has 3 heterocycles. The highest BCUT2D eigenvalue weighted by Crippen LogP contribution is 2.33. The number of hydrogen-bond acceptors (Lipinski definition) is 5. The maximum absolute atomic E-state index is 6.15. The molecule has 0 spiro atoms. The van der Waals surface area contributed by atoms with Crippen molar-refractivity contribution in [1.29, 1.82) is 0 Å². The summed E-state index contributed by atoms with van der Waals surface area (Å²) in [7, 11) is 0. The lowest BCUT2D eigenvalue weighted by molar-refractivity contribution is 0.146. The van der Waals surface area contributed by atoms with Crippen LogP contribution in [-0.4, -0.2) is 50.5 Å². The highest BCUT2D eigenvalue weighted by atomic mass is 35.5.